The molecule has 0 saturated carbocycles. The average molecular weight is 215 g/mol. The molecule has 2 aliphatic heterocycles. The standard InChI is InChI=1S/C7H14N2O.2ClH/c1-9-6-2-8-3-7(9)5-10-4-6;;/h6-8H,2-5H2,1H3;2*1H. The number of halogens is 2. The predicted octanol–water partition coefficient (Wildman–Crippen LogP) is 0.132. The molecule has 5 heteroatoms. The van der Waals surface area contributed by atoms with Gasteiger partial charge in [-0.2, -0.15) is 0 Å². The fraction of sp³-hybridized carbons (Fsp3) is 1.00. The Balaban J connectivity index is 0.000000605. The SMILES string of the molecule is CN1C2CNCC1COC2.Cl.Cl. The minimum atomic E-state index is 0. The molecule has 2 aliphatic rings. The molecule has 2 unspecified atom stereocenters. The molecule has 2 saturated heterocycles. The molecular formula is C7H16Cl2N2O. The van der Waals surface area contributed by atoms with Crippen molar-refractivity contribution in [1.82, 2.24) is 10.2 Å². The first-order valence-electron chi connectivity index (χ1n) is 3.88. The lowest BCUT2D eigenvalue weighted by Crippen LogP contribution is -2.61. The van der Waals surface area contributed by atoms with Crippen molar-refractivity contribution < 1.29 is 4.74 Å². The van der Waals surface area contributed by atoms with Gasteiger partial charge in [-0.3, -0.25) is 4.90 Å². The zero-order valence-corrected chi connectivity index (χ0v) is 8.79. The van der Waals surface area contributed by atoms with E-state index in [1.165, 1.54) is 0 Å². The quantitative estimate of drug-likeness (QED) is 0.621. The Morgan fingerprint density at radius 1 is 1.17 bits per heavy atom. The molecule has 2 fully saturated rings. The van der Waals surface area contributed by atoms with Gasteiger partial charge in [0.25, 0.3) is 0 Å². The maximum atomic E-state index is 5.43. The molecule has 0 aromatic rings. The number of fused-ring (bicyclic) bond motifs is 2. The van der Waals surface area contributed by atoms with Crippen molar-refractivity contribution in [3.63, 3.8) is 0 Å². The van der Waals surface area contributed by atoms with Crippen molar-refractivity contribution >= 4 is 24.8 Å². The number of nitrogens with zero attached hydrogens (tertiary/aromatic N) is 1. The summed E-state index contributed by atoms with van der Waals surface area (Å²) in [6, 6.07) is 1.24. The molecule has 0 aromatic heterocycles. The first-order chi connectivity index (χ1) is 4.88. The molecule has 12 heavy (non-hydrogen) atoms. The summed E-state index contributed by atoms with van der Waals surface area (Å²) in [4.78, 5) is 2.43. The third-order valence-electron chi connectivity index (χ3n) is 2.53. The van der Waals surface area contributed by atoms with Crippen LogP contribution in [-0.4, -0.2) is 50.3 Å². The lowest BCUT2D eigenvalue weighted by Gasteiger charge is -2.43. The first-order valence-corrected chi connectivity index (χ1v) is 3.88. The fourth-order valence-electron chi connectivity index (χ4n) is 1.70. The van der Waals surface area contributed by atoms with E-state index in [-0.39, 0.29) is 24.8 Å². The number of hydrogen-bond acceptors (Lipinski definition) is 3. The van der Waals surface area contributed by atoms with Gasteiger partial charge in [-0.1, -0.05) is 0 Å². The summed E-state index contributed by atoms with van der Waals surface area (Å²) < 4.78 is 5.43. The summed E-state index contributed by atoms with van der Waals surface area (Å²) in [6.45, 7) is 3.99. The van der Waals surface area contributed by atoms with Gasteiger partial charge in [-0.25, -0.2) is 0 Å². The van der Waals surface area contributed by atoms with E-state index in [2.05, 4.69) is 17.3 Å². The van der Waals surface area contributed by atoms with Crippen molar-refractivity contribution in [3.8, 4) is 0 Å². The molecule has 0 aliphatic carbocycles. The van der Waals surface area contributed by atoms with E-state index < -0.39 is 0 Å². The lowest BCUT2D eigenvalue weighted by atomic mass is 10.1. The van der Waals surface area contributed by atoms with Crippen LogP contribution in [0.3, 0.4) is 0 Å². The third-order valence-corrected chi connectivity index (χ3v) is 2.53. The minimum absolute atomic E-state index is 0. The van der Waals surface area contributed by atoms with Crippen molar-refractivity contribution in [2.75, 3.05) is 33.4 Å². The molecule has 2 heterocycles. The second-order valence-electron chi connectivity index (χ2n) is 3.17. The zero-order valence-electron chi connectivity index (χ0n) is 7.16. The summed E-state index contributed by atoms with van der Waals surface area (Å²) >= 11 is 0. The highest BCUT2D eigenvalue weighted by Gasteiger charge is 2.31. The minimum Gasteiger partial charge on any atom is -0.378 e. The molecule has 0 aromatic carbocycles. The summed E-state index contributed by atoms with van der Waals surface area (Å²) in [6.07, 6.45) is 0. The van der Waals surface area contributed by atoms with Gasteiger partial charge >= 0.3 is 0 Å². The number of likely N-dealkylation sites (N-methyl/N-ethyl adjacent to an activating group) is 1. The Labute approximate surface area is 85.6 Å². The van der Waals surface area contributed by atoms with Crippen LogP contribution in [0.25, 0.3) is 0 Å². The van der Waals surface area contributed by atoms with E-state index in [0.29, 0.717) is 12.1 Å². The Bertz CT molecular complexity index is 115. The number of ether oxygens (including phenoxy) is 1. The summed E-state index contributed by atoms with van der Waals surface area (Å²) in [5, 5.41) is 3.40. The summed E-state index contributed by atoms with van der Waals surface area (Å²) in [7, 11) is 2.19. The molecule has 0 spiro atoms. The number of hydrogen-bond donors (Lipinski definition) is 1. The van der Waals surface area contributed by atoms with E-state index in [1.807, 2.05) is 0 Å². The largest absolute Gasteiger partial charge is 0.378 e. The van der Waals surface area contributed by atoms with E-state index >= 15 is 0 Å². The number of piperazine rings is 1. The van der Waals surface area contributed by atoms with Crippen molar-refractivity contribution in [3.05, 3.63) is 0 Å². The average Bonchev–Trinajstić information content (AvgIpc) is 1.86. The second kappa shape index (κ2) is 5.25. The van der Waals surface area contributed by atoms with Crippen LogP contribution in [0.2, 0.25) is 0 Å². The monoisotopic (exact) mass is 214 g/mol. The van der Waals surface area contributed by atoms with Crippen LogP contribution in [0.15, 0.2) is 0 Å². The normalized spacial score (nSPS) is 34.8. The van der Waals surface area contributed by atoms with Crippen molar-refractivity contribution in [2.45, 2.75) is 12.1 Å². The number of rotatable bonds is 0. The van der Waals surface area contributed by atoms with Crippen LogP contribution < -0.4 is 5.32 Å². The molecule has 2 bridgehead atoms. The number of morpholine rings is 1. The maximum Gasteiger partial charge on any atom is 0.0635 e. The molecule has 2 rings (SSSR count). The lowest BCUT2D eigenvalue weighted by molar-refractivity contribution is -0.0511. The number of nitrogens with one attached hydrogen (secondary N) is 1. The predicted molar refractivity (Wildman–Crippen MR) is 53.5 cm³/mol. The third kappa shape index (κ3) is 2.24. The maximum absolute atomic E-state index is 5.43. The van der Waals surface area contributed by atoms with Crippen LogP contribution >= 0.6 is 24.8 Å². The van der Waals surface area contributed by atoms with E-state index in [1.54, 1.807) is 0 Å². The van der Waals surface area contributed by atoms with Crippen LogP contribution in [0, 0.1) is 0 Å². The molecule has 1 N–H and O–H groups in total. The Morgan fingerprint density at radius 2 is 1.67 bits per heavy atom. The fourth-order valence-corrected chi connectivity index (χ4v) is 1.70. The van der Waals surface area contributed by atoms with E-state index in [4.69, 9.17) is 4.74 Å². The van der Waals surface area contributed by atoms with Crippen LogP contribution in [-0.2, 0) is 4.74 Å². The Morgan fingerprint density at radius 3 is 2.08 bits per heavy atom. The van der Waals surface area contributed by atoms with Gasteiger partial charge in [0, 0.05) is 25.2 Å². The summed E-state index contributed by atoms with van der Waals surface area (Å²) in [5.41, 5.74) is 0. The smallest absolute Gasteiger partial charge is 0.0635 e. The highest BCUT2D eigenvalue weighted by atomic mass is 35.5. The highest BCUT2D eigenvalue weighted by molar-refractivity contribution is 5.85. The van der Waals surface area contributed by atoms with E-state index in [0.717, 1.165) is 26.3 Å². The second-order valence-corrected chi connectivity index (χ2v) is 3.17. The highest BCUT2D eigenvalue weighted by Crippen LogP contribution is 2.13. The summed E-state index contributed by atoms with van der Waals surface area (Å²) in [5.74, 6) is 0. The zero-order chi connectivity index (χ0) is 6.97. The van der Waals surface area contributed by atoms with Gasteiger partial charge < -0.3 is 10.1 Å². The molecule has 74 valence electrons. The van der Waals surface area contributed by atoms with Crippen LogP contribution in [0.4, 0.5) is 0 Å². The van der Waals surface area contributed by atoms with Crippen LogP contribution in [0.5, 0.6) is 0 Å². The topological polar surface area (TPSA) is 24.5 Å². The molecule has 3 nitrogen and oxygen atoms in total. The first kappa shape index (κ1) is 12.5. The van der Waals surface area contributed by atoms with Crippen molar-refractivity contribution in [2.24, 2.45) is 0 Å². The Kier molecular flexibility index (Phi) is 5.45. The van der Waals surface area contributed by atoms with Crippen molar-refractivity contribution in [1.29, 1.82) is 0 Å². The van der Waals surface area contributed by atoms with E-state index in [9.17, 15) is 0 Å². The van der Waals surface area contributed by atoms with Crippen LogP contribution in [0.1, 0.15) is 0 Å². The van der Waals surface area contributed by atoms with Gasteiger partial charge in [0.05, 0.1) is 13.2 Å². The van der Waals surface area contributed by atoms with Gasteiger partial charge in [-0.15, -0.1) is 24.8 Å². The van der Waals surface area contributed by atoms with Gasteiger partial charge in [0.1, 0.15) is 0 Å². The molecule has 0 radical (unpaired) electrons. The van der Waals surface area contributed by atoms with Gasteiger partial charge in [-0.05, 0) is 7.05 Å². The van der Waals surface area contributed by atoms with Gasteiger partial charge in [0.2, 0.25) is 0 Å². The molecule has 0 amide bonds. The molecular weight excluding hydrogens is 199 g/mol. The van der Waals surface area contributed by atoms with Gasteiger partial charge in [0.15, 0.2) is 0 Å². The Hall–Kier alpha value is 0.460. The molecule has 2 atom stereocenters.